The second kappa shape index (κ2) is 6.29. The van der Waals surface area contributed by atoms with E-state index < -0.39 is 5.82 Å². The minimum atomic E-state index is -0.406. The van der Waals surface area contributed by atoms with E-state index in [9.17, 15) is 9.18 Å². The Hall–Kier alpha value is -0.940. The molecule has 2 rings (SSSR count). The first-order valence-electron chi connectivity index (χ1n) is 6.11. The van der Waals surface area contributed by atoms with E-state index in [4.69, 9.17) is 0 Å². The molecule has 0 radical (unpaired) electrons. The Morgan fingerprint density at radius 1 is 1.44 bits per heavy atom. The van der Waals surface area contributed by atoms with Crippen LogP contribution in [0.2, 0.25) is 0 Å². The van der Waals surface area contributed by atoms with E-state index in [1.165, 1.54) is 6.07 Å². The van der Waals surface area contributed by atoms with Crippen LogP contribution in [0.3, 0.4) is 0 Å². The van der Waals surface area contributed by atoms with Crippen LogP contribution in [0.15, 0.2) is 22.7 Å². The van der Waals surface area contributed by atoms with E-state index in [0.717, 1.165) is 30.4 Å². The minimum Gasteiger partial charge on any atom is -0.324 e. The summed E-state index contributed by atoms with van der Waals surface area (Å²) in [7, 11) is 0. The maximum atomic E-state index is 13.5. The molecule has 3 nitrogen and oxygen atoms in total. The van der Waals surface area contributed by atoms with Crippen molar-refractivity contribution in [3.63, 3.8) is 0 Å². The van der Waals surface area contributed by atoms with E-state index in [0.29, 0.717) is 12.3 Å². The fourth-order valence-corrected chi connectivity index (χ4v) is 2.50. The van der Waals surface area contributed by atoms with Crippen molar-refractivity contribution in [2.75, 3.05) is 18.4 Å². The van der Waals surface area contributed by atoms with Crippen LogP contribution in [0.25, 0.3) is 0 Å². The van der Waals surface area contributed by atoms with Crippen LogP contribution < -0.4 is 10.6 Å². The first-order chi connectivity index (χ1) is 8.65. The zero-order valence-corrected chi connectivity index (χ0v) is 11.6. The molecule has 1 aliphatic rings. The zero-order chi connectivity index (χ0) is 13.0. The van der Waals surface area contributed by atoms with Crippen molar-refractivity contribution in [1.29, 1.82) is 0 Å². The maximum absolute atomic E-state index is 13.5. The van der Waals surface area contributed by atoms with Gasteiger partial charge in [-0.2, -0.15) is 0 Å². The van der Waals surface area contributed by atoms with Crippen molar-refractivity contribution < 1.29 is 9.18 Å². The van der Waals surface area contributed by atoms with Gasteiger partial charge in [0.15, 0.2) is 0 Å². The average molecular weight is 315 g/mol. The van der Waals surface area contributed by atoms with Crippen LogP contribution in [0, 0.1) is 11.7 Å². The van der Waals surface area contributed by atoms with Gasteiger partial charge in [0.2, 0.25) is 5.91 Å². The number of benzene rings is 1. The fraction of sp³-hybridized carbons (Fsp3) is 0.462. The Kier molecular flexibility index (Phi) is 4.72. The maximum Gasteiger partial charge on any atom is 0.224 e. The molecule has 0 atom stereocenters. The third-order valence-corrected chi connectivity index (χ3v) is 3.63. The number of piperidine rings is 1. The van der Waals surface area contributed by atoms with Crippen molar-refractivity contribution in [3.8, 4) is 0 Å². The summed E-state index contributed by atoms with van der Waals surface area (Å²) in [5.74, 6) is -0.114. The van der Waals surface area contributed by atoms with Crippen LogP contribution >= 0.6 is 15.9 Å². The normalized spacial score (nSPS) is 16.6. The Bertz CT molecular complexity index is 433. The Morgan fingerprint density at radius 3 is 2.89 bits per heavy atom. The van der Waals surface area contributed by atoms with Gasteiger partial charge >= 0.3 is 0 Å². The summed E-state index contributed by atoms with van der Waals surface area (Å²) in [6.45, 7) is 1.92. The Morgan fingerprint density at radius 2 is 2.17 bits per heavy atom. The number of rotatable bonds is 3. The Balaban J connectivity index is 1.92. The topological polar surface area (TPSA) is 41.1 Å². The quantitative estimate of drug-likeness (QED) is 0.900. The third-order valence-electron chi connectivity index (χ3n) is 3.14. The number of amides is 1. The van der Waals surface area contributed by atoms with Crippen LogP contribution in [-0.4, -0.2) is 19.0 Å². The summed E-state index contributed by atoms with van der Waals surface area (Å²) < 4.78 is 14.2. The molecule has 0 aromatic heterocycles. The molecule has 18 heavy (non-hydrogen) atoms. The smallest absolute Gasteiger partial charge is 0.224 e. The molecule has 1 aromatic rings. The molecular weight excluding hydrogens is 299 g/mol. The molecule has 0 aliphatic carbocycles. The van der Waals surface area contributed by atoms with Gasteiger partial charge in [-0.1, -0.05) is 15.9 Å². The van der Waals surface area contributed by atoms with E-state index in [1.807, 2.05) is 0 Å². The van der Waals surface area contributed by atoms with Crippen molar-refractivity contribution in [2.24, 2.45) is 5.92 Å². The van der Waals surface area contributed by atoms with Crippen LogP contribution in [0.1, 0.15) is 19.3 Å². The van der Waals surface area contributed by atoms with E-state index >= 15 is 0 Å². The number of carbonyl (C=O) groups is 1. The van der Waals surface area contributed by atoms with Gasteiger partial charge in [-0.3, -0.25) is 4.79 Å². The number of hydrogen-bond donors (Lipinski definition) is 2. The molecular formula is C13H16BrFN2O. The summed E-state index contributed by atoms with van der Waals surface area (Å²) in [5.41, 5.74) is 0.239. The molecule has 2 N–H and O–H groups in total. The summed E-state index contributed by atoms with van der Waals surface area (Å²) in [6.07, 6.45) is 2.48. The molecule has 1 heterocycles. The van der Waals surface area contributed by atoms with Gasteiger partial charge in [-0.15, -0.1) is 0 Å². The summed E-state index contributed by atoms with van der Waals surface area (Å²) >= 11 is 3.26. The predicted molar refractivity (Wildman–Crippen MR) is 72.9 cm³/mol. The highest BCUT2D eigenvalue weighted by Crippen LogP contribution is 2.22. The van der Waals surface area contributed by atoms with Crippen LogP contribution in [-0.2, 0) is 4.79 Å². The summed E-state index contributed by atoms with van der Waals surface area (Å²) in [6, 6.07) is 4.53. The van der Waals surface area contributed by atoms with Crippen LogP contribution in [0.4, 0.5) is 10.1 Å². The van der Waals surface area contributed by atoms with Crippen molar-refractivity contribution >= 4 is 27.5 Å². The van der Waals surface area contributed by atoms with Gasteiger partial charge in [0, 0.05) is 10.9 Å². The van der Waals surface area contributed by atoms with Gasteiger partial charge in [0.1, 0.15) is 5.82 Å². The minimum absolute atomic E-state index is 0.112. The molecule has 0 bridgehead atoms. The van der Waals surface area contributed by atoms with Crippen molar-refractivity contribution in [1.82, 2.24) is 5.32 Å². The largest absolute Gasteiger partial charge is 0.324 e. The highest BCUT2D eigenvalue weighted by Gasteiger charge is 2.17. The Labute approximate surface area is 114 Å². The van der Waals surface area contributed by atoms with Gasteiger partial charge in [-0.25, -0.2) is 4.39 Å². The lowest BCUT2D eigenvalue weighted by Gasteiger charge is -2.21. The van der Waals surface area contributed by atoms with Crippen molar-refractivity contribution in [3.05, 3.63) is 28.5 Å². The molecule has 0 saturated carbocycles. The molecule has 1 aromatic carbocycles. The SMILES string of the molecule is O=C(CC1CCNCC1)Nc1cc(Br)ccc1F. The number of carbonyl (C=O) groups excluding carboxylic acids is 1. The summed E-state index contributed by atoms with van der Waals surface area (Å²) in [5, 5.41) is 5.89. The number of anilines is 1. The number of halogens is 2. The molecule has 5 heteroatoms. The first-order valence-corrected chi connectivity index (χ1v) is 6.90. The molecule has 1 aliphatic heterocycles. The number of hydrogen-bond acceptors (Lipinski definition) is 2. The highest BCUT2D eigenvalue weighted by atomic mass is 79.9. The molecule has 98 valence electrons. The fourth-order valence-electron chi connectivity index (χ4n) is 2.14. The average Bonchev–Trinajstić information content (AvgIpc) is 2.35. The zero-order valence-electron chi connectivity index (χ0n) is 10.0. The van der Waals surface area contributed by atoms with E-state index in [1.54, 1.807) is 12.1 Å². The second-order valence-electron chi connectivity index (χ2n) is 4.57. The van der Waals surface area contributed by atoms with E-state index in [2.05, 4.69) is 26.6 Å². The van der Waals surface area contributed by atoms with Gasteiger partial charge in [0.05, 0.1) is 5.69 Å². The monoisotopic (exact) mass is 314 g/mol. The third kappa shape index (κ3) is 3.78. The predicted octanol–water partition coefficient (Wildman–Crippen LogP) is 2.92. The van der Waals surface area contributed by atoms with Gasteiger partial charge < -0.3 is 10.6 Å². The van der Waals surface area contributed by atoms with Crippen molar-refractivity contribution in [2.45, 2.75) is 19.3 Å². The lowest BCUT2D eigenvalue weighted by atomic mass is 9.94. The lowest BCUT2D eigenvalue weighted by Crippen LogP contribution is -2.30. The highest BCUT2D eigenvalue weighted by molar-refractivity contribution is 9.10. The first kappa shape index (κ1) is 13.5. The lowest BCUT2D eigenvalue weighted by molar-refractivity contribution is -0.117. The molecule has 0 unspecified atom stereocenters. The molecule has 0 spiro atoms. The van der Waals surface area contributed by atoms with Crippen LogP contribution in [0.5, 0.6) is 0 Å². The molecule has 1 fully saturated rings. The van der Waals surface area contributed by atoms with Gasteiger partial charge in [-0.05, 0) is 50.0 Å². The molecule has 1 saturated heterocycles. The molecule has 1 amide bonds. The number of nitrogens with one attached hydrogen (secondary N) is 2. The van der Waals surface area contributed by atoms with Gasteiger partial charge in [0.25, 0.3) is 0 Å². The van der Waals surface area contributed by atoms with E-state index in [-0.39, 0.29) is 11.6 Å². The standard InChI is InChI=1S/C13H16BrFN2O/c14-10-1-2-11(15)12(8-10)17-13(18)7-9-3-5-16-6-4-9/h1-2,8-9,16H,3-7H2,(H,17,18). The second-order valence-corrected chi connectivity index (χ2v) is 5.49. The summed E-state index contributed by atoms with van der Waals surface area (Å²) in [4.78, 5) is 11.8.